The number of carbonyl (C=O) groups is 2. The van der Waals surface area contributed by atoms with Gasteiger partial charge in [0.05, 0.1) is 18.9 Å². The summed E-state index contributed by atoms with van der Waals surface area (Å²) in [5, 5.41) is 23.7. The number of aliphatic carboxylic acids is 1. The quantitative estimate of drug-likeness (QED) is 0.517. The molecule has 0 aliphatic rings. The summed E-state index contributed by atoms with van der Waals surface area (Å²) in [4.78, 5) is 22.7. The van der Waals surface area contributed by atoms with Crippen molar-refractivity contribution in [2.45, 2.75) is 18.9 Å². The molecule has 1 rings (SSSR count). The van der Waals surface area contributed by atoms with E-state index in [2.05, 4.69) is 21.2 Å². The normalized spacial score (nSPS) is 11.9. The van der Waals surface area contributed by atoms with Crippen LogP contribution in [-0.2, 0) is 9.59 Å². The lowest BCUT2D eigenvalue weighted by atomic mass is 10.2. The molecule has 20 heavy (non-hydrogen) atoms. The molecular weight excluding hydrogens is 328 g/mol. The molecule has 0 unspecified atom stereocenters. The summed E-state index contributed by atoms with van der Waals surface area (Å²) in [5.41, 5.74) is 0.602. The average Bonchev–Trinajstić information content (AvgIpc) is 2.40. The van der Waals surface area contributed by atoms with E-state index in [1.165, 1.54) is 5.32 Å². The number of aliphatic hydroxyl groups is 1. The molecule has 0 spiro atoms. The Balaban J connectivity index is 2.48. The summed E-state index contributed by atoms with van der Waals surface area (Å²) < 4.78 is 0.889. The molecule has 0 aromatic heterocycles. The number of amides is 1. The van der Waals surface area contributed by atoms with E-state index in [-0.39, 0.29) is 18.9 Å². The number of carboxylic acids is 1. The molecule has 1 atom stereocenters. The number of hydrogen-bond donors (Lipinski definition) is 3. The van der Waals surface area contributed by atoms with Gasteiger partial charge in [0.1, 0.15) is 6.04 Å². The van der Waals surface area contributed by atoms with Gasteiger partial charge < -0.3 is 25.6 Å². The predicted octanol–water partition coefficient (Wildman–Crippen LogP) is -1.16. The third-order valence-electron chi connectivity index (χ3n) is 2.65. The minimum absolute atomic E-state index is 0.0125. The number of halogens is 1. The number of aliphatic hydroxyl groups excluding tert-OH is 1. The number of anilines is 1. The fourth-order valence-electron chi connectivity index (χ4n) is 1.62. The molecule has 0 radical (unpaired) electrons. The summed E-state index contributed by atoms with van der Waals surface area (Å²) in [6, 6.07) is 6.03. The van der Waals surface area contributed by atoms with Crippen LogP contribution in [0.1, 0.15) is 12.8 Å². The van der Waals surface area contributed by atoms with E-state index < -0.39 is 12.0 Å². The summed E-state index contributed by atoms with van der Waals surface area (Å²) in [6.07, 6.45) is 0.294. The lowest BCUT2D eigenvalue weighted by molar-refractivity contribution is -0.682. The molecule has 7 heteroatoms. The maximum atomic E-state index is 11.8. The molecule has 0 saturated heterocycles. The highest BCUT2D eigenvalue weighted by Crippen LogP contribution is 2.14. The van der Waals surface area contributed by atoms with Crippen molar-refractivity contribution >= 4 is 33.5 Å². The van der Waals surface area contributed by atoms with Crippen molar-refractivity contribution in [3.05, 3.63) is 28.7 Å². The van der Waals surface area contributed by atoms with Crippen molar-refractivity contribution in [1.82, 2.24) is 0 Å². The number of rotatable bonds is 8. The molecule has 110 valence electrons. The Morgan fingerprint density at radius 3 is 2.55 bits per heavy atom. The molecule has 0 aliphatic carbocycles. The molecule has 0 bridgehead atoms. The van der Waals surface area contributed by atoms with Crippen molar-refractivity contribution in [2.24, 2.45) is 0 Å². The maximum Gasteiger partial charge on any atom is 0.230 e. The minimum atomic E-state index is -1.28. The first-order valence-corrected chi connectivity index (χ1v) is 7.02. The van der Waals surface area contributed by atoms with Gasteiger partial charge in [0.25, 0.3) is 0 Å². The summed E-state index contributed by atoms with van der Waals surface area (Å²) >= 11 is 3.28. The zero-order valence-electron chi connectivity index (χ0n) is 10.8. The molecule has 0 heterocycles. The van der Waals surface area contributed by atoms with E-state index in [0.717, 1.165) is 4.47 Å². The van der Waals surface area contributed by atoms with Gasteiger partial charge in [-0.1, -0.05) is 15.9 Å². The Bertz CT molecular complexity index is 450. The third kappa shape index (κ3) is 6.14. The molecule has 1 amide bonds. The number of nitrogens with one attached hydrogen (secondary N) is 1. The monoisotopic (exact) mass is 344 g/mol. The SMILES string of the molecule is O=C(C[C@H]([NH2+]CCCO)C(=O)[O-])Nc1ccc(Br)cc1. The lowest BCUT2D eigenvalue weighted by Gasteiger charge is -2.16. The van der Waals surface area contributed by atoms with Crippen LogP contribution in [-0.4, -0.2) is 36.2 Å². The first-order valence-electron chi connectivity index (χ1n) is 6.23. The van der Waals surface area contributed by atoms with E-state index in [1.807, 2.05) is 0 Å². The van der Waals surface area contributed by atoms with Gasteiger partial charge in [0.2, 0.25) is 5.91 Å². The highest BCUT2D eigenvalue weighted by molar-refractivity contribution is 9.10. The highest BCUT2D eigenvalue weighted by Gasteiger charge is 2.17. The molecule has 1 aromatic carbocycles. The number of nitrogens with two attached hydrogens (primary N) is 1. The van der Waals surface area contributed by atoms with Gasteiger partial charge in [0.15, 0.2) is 0 Å². The number of benzene rings is 1. The van der Waals surface area contributed by atoms with Gasteiger partial charge in [-0.25, -0.2) is 0 Å². The second-order valence-electron chi connectivity index (χ2n) is 4.29. The zero-order chi connectivity index (χ0) is 15.0. The predicted molar refractivity (Wildman–Crippen MR) is 74.7 cm³/mol. The van der Waals surface area contributed by atoms with Crippen LogP contribution >= 0.6 is 15.9 Å². The largest absolute Gasteiger partial charge is 0.544 e. The fraction of sp³-hybridized carbons (Fsp3) is 0.385. The lowest BCUT2D eigenvalue weighted by Crippen LogP contribution is -2.93. The first-order chi connectivity index (χ1) is 9.52. The van der Waals surface area contributed by atoms with E-state index in [0.29, 0.717) is 18.7 Å². The number of carboxylic acid groups (broad SMARTS) is 1. The van der Waals surface area contributed by atoms with Gasteiger partial charge in [-0.2, -0.15) is 0 Å². The molecular formula is C13H17BrN2O4. The Hall–Kier alpha value is -1.44. The van der Waals surface area contributed by atoms with Crippen LogP contribution in [0.25, 0.3) is 0 Å². The molecule has 0 aliphatic heterocycles. The number of carbonyl (C=O) groups excluding carboxylic acids is 2. The average molecular weight is 345 g/mol. The van der Waals surface area contributed by atoms with Crippen molar-refractivity contribution < 1.29 is 25.1 Å². The topological polar surface area (TPSA) is 106 Å². The van der Waals surface area contributed by atoms with Gasteiger partial charge in [0, 0.05) is 23.2 Å². The van der Waals surface area contributed by atoms with Crippen LogP contribution in [0.5, 0.6) is 0 Å². The Labute approximate surface area is 125 Å². The van der Waals surface area contributed by atoms with Crippen molar-refractivity contribution in [2.75, 3.05) is 18.5 Å². The van der Waals surface area contributed by atoms with Crippen molar-refractivity contribution in [1.29, 1.82) is 0 Å². The van der Waals surface area contributed by atoms with Gasteiger partial charge in [-0.3, -0.25) is 4.79 Å². The van der Waals surface area contributed by atoms with Crippen LogP contribution in [0.3, 0.4) is 0 Å². The van der Waals surface area contributed by atoms with Crippen molar-refractivity contribution in [3.63, 3.8) is 0 Å². The number of quaternary nitrogens is 1. The van der Waals surface area contributed by atoms with E-state index in [9.17, 15) is 14.7 Å². The van der Waals surface area contributed by atoms with Crippen LogP contribution in [0.2, 0.25) is 0 Å². The van der Waals surface area contributed by atoms with Gasteiger partial charge >= 0.3 is 0 Å². The Morgan fingerprint density at radius 2 is 2.00 bits per heavy atom. The highest BCUT2D eigenvalue weighted by atomic mass is 79.9. The third-order valence-corrected chi connectivity index (χ3v) is 3.18. The smallest absolute Gasteiger partial charge is 0.230 e. The Morgan fingerprint density at radius 1 is 1.35 bits per heavy atom. The molecule has 1 aromatic rings. The standard InChI is InChI=1S/C13H17BrN2O4/c14-9-2-4-10(5-3-9)16-12(18)8-11(13(19)20)15-6-1-7-17/h2-5,11,15,17H,1,6-8H2,(H,16,18)(H,19,20)/t11-/m0/s1. The second-order valence-corrected chi connectivity index (χ2v) is 5.20. The molecule has 6 nitrogen and oxygen atoms in total. The van der Waals surface area contributed by atoms with Gasteiger partial charge in [-0.15, -0.1) is 0 Å². The van der Waals surface area contributed by atoms with Gasteiger partial charge in [-0.05, 0) is 24.3 Å². The van der Waals surface area contributed by atoms with Crippen LogP contribution in [0.15, 0.2) is 28.7 Å². The summed E-state index contributed by atoms with van der Waals surface area (Å²) in [6.45, 7) is 0.419. The molecule has 4 N–H and O–H groups in total. The minimum Gasteiger partial charge on any atom is -0.544 e. The molecule has 0 fully saturated rings. The first kappa shape index (κ1) is 16.6. The summed E-state index contributed by atoms with van der Waals surface area (Å²) in [5.74, 6) is -1.67. The Kier molecular flexibility index (Phi) is 7.21. The fourth-order valence-corrected chi connectivity index (χ4v) is 1.88. The van der Waals surface area contributed by atoms with Crippen molar-refractivity contribution in [3.8, 4) is 0 Å². The van der Waals surface area contributed by atoms with E-state index >= 15 is 0 Å². The second kappa shape index (κ2) is 8.68. The molecule has 0 saturated carbocycles. The zero-order valence-corrected chi connectivity index (χ0v) is 12.4. The van der Waals surface area contributed by atoms with Crippen LogP contribution < -0.4 is 15.7 Å². The maximum absolute atomic E-state index is 11.8. The van der Waals surface area contributed by atoms with E-state index in [4.69, 9.17) is 5.11 Å². The summed E-state index contributed by atoms with van der Waals surface area (Å²) in [7, 11) is 0. The van der Waals surface area contributed by atoms with Crippen LogP contribution in [0.4, 0.5) is 5.69 Å². The van der Waals surface area contributed by atoms with Crippen LogP contribution in [0, 0.1) is 0 Å². The van der Waals surface area contributed by atoms with E-state index in [1.54, 1.807) is 24.3 Å². The number of hydrogen-bond acceptors (Lipinski definition) is 4.